The maximum absolute atomic E-state index is 12.8. The Morgan fingerprint density at radius 3 is 2.44 bits per heavy atom. The summed E-state index contributed by atoms with van der Waals surface area (Å²) in [6.07, 6.45) is 1.56. The lowest BCUT2D eigenvalue weighted by Crippen LogP contribution is -2.30. The van der Waals surface area contributed by atoms with Crippen molar-refractivity contribution in [2.45, 2.75) is 20.4 Å². The number of likely N-dealkylation sites (tertiary alicyclic amines) is 1. The maximum atomic E-state index is 12.8. The molecule has 4 aromatic rings. The minimum Gasteiger partial charge on any atom is -0.396 e. The molecule has 1 aromatic heterocycles. The molecule has 1 aliphatic heterocycles. The zero-order valence-electron chi connectivity index (χ0n) is 22.5. The molecule has 2 atom stereocenters. The number of carbonyl (C=O) groups excluding carboxylic acids is 1. The first-order valence-corrected chi connectivity index (χ1v) is 13.9. The summed E-state index contributed by atoms with van der Waals surface area (Å²) in [4.78, 5) is 26.2. The van der Waals surface area contributed by atoms with Gasteiger partial charge in [0.05, 0.1) is 5.52 Å². The van der Waals surface area contributed by atoms with E-state index in [0.29, 0.717) is 48.8 Å². The Morgan fingerprint density at radius 2 is 1.72 bits per heavy atom. The van der Waals surface area contributed by atoms with Gasteiger partial charge in [0.25, 0.3) is 5.91 Å². The fraction of sp³-hybridized carbons (Fsp3) is 0.344. The van der Waals surface area contributed by atoms with Crippen LogP contribution in [-0.4, -0.2) is 63.6 Å². The molecular weight excluding hydrogens is 486 g/mol. The van der Waals surface area contributed by atoms with Crippen LogP contribution >= 0.6 is 0 Å². The predicted molar refractivity (Wildman–Crippen MR) is 155 cm³/mol. The van der Waals surface area contributed by atoms with Crippen molar-refractivity contribution in [3.8, 4) is 11.1 Å². The molecule has 3 aromatic carbocycles. The number of hydrogen-bond acceptors (Lipinski definition) is 6. The largest absolute Gasteiger partial charge is 0.396 e. The molecule has 1 saturated heterocycles. The van der Waals surface area contributed by atoms with E-state index in [1.165, 1.54) is 5.56 Å². The third-order valence-corrected chi connectivity index (χ3v) is 8.41. The van der Waals surface area contributed by atoms with Gasteiger partial charge in [-0.05, 0) is 78.6 Å². The Hall–Kier alpha value is -3.81. The van der Waals surface area contributed by atoms with Crippen molar-refractivity contribution in [1.29, 1.82) is 0 Å². The number of benzene rings is 3. The molecule has 7 heteroatoms. The van der Waals surface area contributed by atoms with Gasteiger partial charge in [-0.25, -0.2) is 9.97 Å². The number of piperidine rings is 1. The Morgan fingerprint density at radius 1 is 0.974 bits per heavy atom. The Balaban J connectivity index is 1.20. The molecule has 0 spiro atoms. The minimum atomic E-state index is 0.0258. The van der Waals surface area contributed by atoms with Crippen molar-refractivity contribution in [1.82, 2.24) is 19.8 Å². The van der Waals surface area contributed by atoms with Crippen LogP contribution in [0.3, 0.4) is 0 Å². The zero-order valence-corrected chi connectivity index (χ0v) is 22.5. The van der Waals surface area contributed by atoms with Crippen LogP contribution in [0.25, 0.3) is 22.0 Å². The van der Waals surface area contributed by atoms with Crippen LogP contribution in [0.1, 0.15) is 29.8 Å². The lowest BCUT2D eigenvalue weighted by Gasteiger charge is -2.19. The Kier molecular flexibility index (Phi) is 7.02. The second-order valence-electron chi connectivity index (χ2n) is 10.7. The summed E-state index contributed by atoms with van der Waals surface area (Å²) < 4.78 is 0. The zero-order chi connectivity index (χ0) is 26.9. The van der Waals surface area contributed by atoms with E-state index < -0.39 is 0 Å². The minimum absolute atomic E-state index is 0.0258. The van der Waals surface area contributed by atoms with Gasteiger partial charge in [-0.15, -0.1) is 0 Å². The molecule has 2 N–H and O–H groups in total. The number of nitrogens with one attached hydrogen (secondary N) is 1. The highest BCUT2D eigenvalue weighted by molar-refractivity contribution is 5.97. The number of fused-ring (bicyclic) bond motifs is 2. The molecule has 2 fully saturated rings. The predicted octanol–water partition coefficient (Wildman–Crippen LogP) is 5.19. The van der Waals surface area contributed by atoms with Crippen LogP contribution < -0.4 is 5.32 Å². The van der Waals surface area contributed by atoms with Crippen molar-refractivity contribution in [3.63, 3.8) is 0 Å². The maximum Gasteiger partial charge on any atom is 0.253 e. The molecule has 0 bridgehead atoms. The van der Waals surface area contributed by atoms with E-state index in [4.69, 9.17) is 0 Å². The number of aliphatic hydroxyl groups excluding tert-OH is 1. The normalized spacial score (nSPS) is 20.1. The monoisotopic (exact) mass is 521 g/mol. The van der Waals surface area contributed by atoms with E-state index in [9.17, 15) is 9.90 Å². The summed E-state index contributed by atoms with van der Waals surface area (Å²) in [6.45, 7) is 8.84. The third kappa shape index (κ3) is 5.12. The summed E-state index contributed by atoms with van der Waals surface area (Å²) >= 11 is 0. The molecule has 2 heterocycles. The van der Waals surface area contributed by atoms with Gasteiger partial charge in [0.15, 0.2) is 0 Å². The second kappa shape index (κ2) is 10.8. The van der Waals surface area contributed by atoms with E-state index in [2.05, 4.69) is 56.6 Å². The van der Waals surface area contributed by atoms with Gasteiger partial charge in [-0.2, -0.15) is 0 Å². The van der Waals surface area contributed by atoms with Gasteiger partial charge in [-0.1, -0.05) is 36.4 Å². The Labute approximate surface area is 229 Å². The van der Waals surface area contributed by atoms with Crippen molar-refractivity contribution in [2.75, 3.05) is 38.1 Å². The first kappa shape index (κ1) is 25.5. The molecular formula is C32H35N5O2. The highest BCUT2D eigenvalue weighted by Crippen LogP contribution is 2.51. The summed E-state index contributed by atoms with van der Waals surface area (Å²) in [5.41, 5.74) is 5.88. The number of rotatable bonds is 9. The molecule has 0 radical (unpaired) electrons. The van der Waals surface area contributed by atoms with E-state index in [0.717, 1.165) is 47.4 Å². The van der Waals surface area contributed by atoms with Gasteiger partial charge in [0, 0.05) is 56.0 Å². The molecule has 6 rings (SSSR count). The molecule has 7 nitrogen and oxygen atoms in total. The molecule has 39 heavy (non-hydrogen) atoms. The van der Waals surface area contributed by atoms with Crippen molar-refractivity contribution < 1.29 is 9.90 Å². The second-order valence-corrected chi connectivity index (χ2v) is 10.7. The SMILES string of the molecule is CCN(CC)C(=O)c1cccc(Nc2ncnc3ccc(-c4ccc(CN5CC6C(CO)C6C5)cc4)cc23)c1. The van der Waals surface area contributed by atoms with Crippen molar-refractivity contribution >= 4 is 28.3 Å². The summed E-state index contributed by atoms with van der Waals surface area (Å²) in [5, 5.41) is 13.7. The van der Waals surface area contributed by atoms with Crippen LogP contribution in [0.5, 0.6) is 0 Å². The smallest absolute Gasteiger partial charge is 0.253 e. The molecule has 1 aliphatic carbocycles. The summed E-state index contributed by atoms with van der Waals surface area (Å²) in [6, 6.07) is 22.6. The van der Waals surface area contributed by atoms with E-state index in [1.54, 1.807) is 6.33 Å². The first-order chi connectivity index (χ1) is 19.1. The lowest BCUT2D eigenvalue weighted by molar-refractivity contribution is 0.0773. The van der Waals surface area contributed by atoms with Gasteiger partial charge in [-0.3, -0.25) is 9.69 Å². The fourth-order valence-corrected chi connectivity index (χ4v) is 6.09. The van der Waals surface area contributed by atoms with Gasteiger partial charge in [0.1, 0.15) is 12.1 Å². The van der Waals surface area contributed by atoms with Gasteiger partial charge < -0.3 is 15.3 Å². The van der Waals surface area contributed by atoms with E-state index in [1.807, 2.05) is 49.1 Å². The number of anilines is 2. The van der Waals surface area contributed by atoms with E-state index in [-0.39, 0.29) is 5.91 Å². The number of aromatic nitrogens is 2. The van der Waals surface area contributed by atoms with Crippen molar-refractivity contribution in [3.05, 3.63) is 84.2 Å². The van der Waals surface area contributed by atoms with Crippen LogP contribution in [0.2, 0.25) is 0 Å². The molecule has 1 amide bonds. The first-order valence-electron chi connectivity index (χ1n) is 13.9. The van der Waals surface area contributed by atoms with Crippen LogP contribution in [0.4, 0.5) is 11.5 Å². The van der Waals surface area contributed by atoms with Gasteiger partial charge in [0.2, 0.25) is 0 Å². The summed E-state index contributed by atoms with van der Waals surface area (Å²) in [7, 11) is 0. The standard InChI is InChI=1S/C32H35N5O2/c1-3-37(4-2)32(39)24-6-5-7-25(14-24)35-31-26-15-23(12-13-30(26)33-20-34-31)22-10-8-21(9-11-22)16-36-17-27-28(18-36)29(27)19-38/h5-15,20,27-29,38H,3-4,16-19H2,1-2H3,(H,33,34,35). The number of nitrogens with zero attached hydrogens (tertiary/aromatic N) is 4. The number of amides is 1. The van der Waals surface area contributed by atoms with Crippen molar-refractivity contribution in [2.24, 2.45) is 17.8 Å². The molecule has 2 aliphatic rings. The average molecular weight is 522 g/mol. The van der Waals surface area contributed by atoms with Crippen LogP contribution in [-0.2, 0) is 6.54 Å². The quantitative estimate of drug-likeness (QED) is 0.315. The van der Waals surface area contributed by atoms with E-state index >= 15 is 0 Å². The number of carbonyl (C=O) groups is 1. The third-order valence-electron chi connectivity index (χ3n) is 8.41. The molecule has 1 saturated carbocycles. The summed E-state index contributed by atoms with van der Waals surface area (Å²) in [5.74, 6) is 2.67. The number of aliphatic hydroxyl groups is 1. The fourth-order valence-electron chi connectivity index (χ4n) is 6.09. The Bertz CT molecular complexity index is 1470. The lowest BCUT2D eigenvalue weighted by atomic mass is 10.0. The molecule has 200 valence electrons. The number of hydrogen-bond donors (Lipinski definition) is 2. The highest BCUT2D eigenvalue weighted by atomic mass is 16.3. The van der Waals surface area contributed by atoms with Crippen LogP contribution in [0.15, 0.2) is 73.1 Å². The highest BCUT2D eigenvalue weighted by Gasteiger charge is 2.54. The van der Waals surface area contributed by atoms with Crippen LogP contribution in [0, 0.1) is 17.8 Å². The molecule has 2 unspecified atom stereocenters. The van der Waals surface area contributed by atoms with Gasteiger partial charge >= 0.3 is 0 Å². The average Bonchev–Trinajstić information content (AvgIpc) is 3.46. The topological polar surface area (TPSA) is 81.6 Å².